The van der Waals surface area contributed by atoms with Crippen LogP contribution in [-0.4, -0.2) is 63.2 Å². The first-order chi connectivity index (χ1) is 10.8. The Morgan fingerprint density at radius 3 is 2.59 bits per heavy atom. The molecular formula is C14H19N7O. The van der Waals surface area contributed by atoms with E-state index in [-0.39, 0.29) is 6.03 Å². The molecule has 3 heterocycles. The van der Waals surface area contributed by atoms with Gasteiger partial charge in [0, 0.05) is 64.1 Å². The smallest absolute Gasteiger partial charge is 0.317 e. The van der Waals surface area contributed by atoms with Gasteiger partial charge in [0.15, 0.2) is 0 Å². The van der Waals surface area contributed by atoms with Gasteiger partial charge in [-0.25, -0.2) is 19.7 Å². The van der Waals surface area contributed by atoms with Crippen LogP contribution in [0.2, 0.25) is 0 Å². The number of nitrogens with one attached hydrogen (secondary N) is 1. The van der Waals surface area contributed by atoms with Crippen molar-refractivity contribution < 1.29 is 4.79 Å². The molecule has 0 spiro atoms. The highest BCUT2D eigenvalue weighted by atomic mass is 16.2. The summed E-state index contributed by atoms with van der Waals surface area (Å²) in [6, 6.07) is 1.78. The molecular weight excluding hydrogens is 282 g/mol. The lowest BCUT2D eigenvalue weighted by Crippen LogP contribution is -2.52. The van der Waals surface area contributed by atoms with Crippen molar-refractivity contribution in [2.75, 3.05) is 37.6 Å². The minimum absolute atomic E-state index is 0.0197. The number of urea groups is 1. The maximum Gasteiger partial charge on any atom is 0.317 e. The Bertz CT molecular complexity index is 579. The van der Waals surface area contributed by atoms with Crippen LogP contribution in [0.3, 0.4) is 0 Å². The molecule has 1 saturated heterocycles. The zero-order valence-corrected chi connectivity index (χ0v) is 12.3. The van der Waals surface area contributed by atoms with E-state index in [0.717, 1.165) is 25.6 Å². The zero-order valence-electron chi connectivity index (χ0n) is 12.3. The largest absolute Gasteiger partial charge is 0.337 e. The molecule has 0 atom stereocenters. The molecule has 116 valence electrons. The van der Waals surface area contributed by atoms with Gasteiger partial charge in [0.25, 0.3) is 0 Å². The summed E-state index contributed by atoms with van der Waals surface area (Å²) < 4.78 is 1.94. The molecule has 1 fully saturated rings. The zero-order chi connectivity index (χ0) is 15.2. The second-order valence-electron chi connectivity index (χ2n) is 5.06. The fourth-order valence-corrected chi connectivity index (χ4v) is 2.39. The number of imidazole rings is 1. The van der Waals surface area contributed by atoms with Gasteiger partial charge in [-0.05, 0) is 6.07 Å². The number of piperazine rings is 1. The van der Waals surface area contributed by atoms with Crippen LogP contribution in [0.15, 0.2) is 37.2 Å². The van der Waals surface area contributed by atoms with Crippen molar-refractivity contribution in [2.45, 2.75) is 6.54 Å². The third-order valence-electron chi connectivity index (χ3n) is 3.61. The van der Waals surface area contributed by atoms with Crippen LogP contribution in [0.4, 0.5) is 10.7 Å². The lowest BCUT2D eigenvalue weighted by atomic mass is 10.3. The summed E-state index contributed by atoms with van der Waals surface area (Å²) in [7, 11) is 0. The average molecular weight is 301 g/mol. The molecule has 1 aliphatic rings. The average Bonchev–Trinajstić information content (AvgIpc) is 3.09. The molecule has 1 aliphatic heterocycles. The normalized spacial score (nSPS) is 14.9. The van der Waals surface area contributed by atoms with Crippen LogP contribution < -0.4 is 10.2 Å². The second-order valence-corrected chi connectivity index (χ2v) is 5.06. The predicted molar refractivity (Wildman–Crippen MR) is 81.4 cm³/mol. The van der Waals surface area contributed by atoms with Crippen molar-refractivity contribution in [1.29, 1.82) is 0 Å². The van der Waals surface area contributed by atoms with Gasteiger partial charge in [0.05, 0.1) is 6.33 Å². The van der Waals surface area contributed by atoms with Crippen LogP contribution in [0.1, 0.15) is 0 Å². The van der Waals surface area contributed by atoms with Crippen molar-refractivity contribution in [3.05, 3.63) is 37.2 Å². The highest BCUT2D eigenvalue weighted by Crippen LogP contribution is 2.09. The first-order valence-electron chi connectivity index (χ1n) is 7.33. The van der Waals surface area contributed by atoms with E-state index in [4.69, 9.17) is 0 Å². The van der Waals surface area contributed by atoms with Crippen LogP contribution >= 0.6 is 0 Å². The van der Waals surface area contributed by atoms with Crippen LogP contribution in [0.5, 0.6) is 0 Å². The second kappa shape index (κ2) is 6.88. The van der Waals surface area contributed by atoms with E-state index in [1.165, 1.54) is 0 Å². The summed E-state index contributed by atoms with van der Waals surface area (Å²) in [5.41, 5.74) is 0. The Balaban J connectivity index is 1.42. The maximum atomic E-state index is 12.1. The van der Waals surface area contributed by atoms with Crippen molar-refractivity contribution >= 4 is 12.0 Å². The number of aromatic nitrogens is 4. The Morgan fingerprint density at radius 1 is 1.14 bits per heavy atom. The Labute approximate surface area is 128 Å². The van der Waals surface area contributed by atoms with Crippen LogP contribution in [-0.2, 0) is 6.54 Å². The monoisotopic (exact) mass is 301 g/mol. The van der Waals surface area contributed by atoms with Gasteiger partial charge in [-0.1, -0.05) is 0 Å². The summed E-state index contributed by atoms with van der Waals surface area (Å²) in [5.74, 6) is 0.725. The number of rotatable bonds is 4. The summed E-state index contributed by atoms with van der Waals surface area (Å²) >= 11 is 0. The topological polar surface area (TPSA) is 79.2 Å². The minimum Gasteiger partial charge on any atom is -0.337 e. The third kappa shape index (κ3) is 3.51. The molecule has 2 aromatic rings. The van der Waals surface area contributed by atoms with E-state index in [1.807, 2.05) is 15.7 Å². The molecule has 0 unspecified atom stereocenters. The molecule has 3 rings (SSSR count). The lowest BCUT2D eigenvalue weighted by Gasteiger charge is -2.34. The highest BCUT2D eigenvalue weighted by molar-refractivity contribution is 5.74. The van der Waals surface area contributed by atoms with Gasteiger partial charge in [-0.3, -0.25) is 0 Å². The van der Waals surface area contributed by atoms with Gasteiger partial charge in [-0.2, -0.15) is 0 Å². The Morgan fingerprint density at radius 2 is 1.91 bits per heavy atom. The predicted octanol–water partition coefficient (Wildman–Crippen LogP) is 0.205. The van der Waals surface area contributed by atoms with Gasteiger partial charge < -0.3 is 19.7 Å². The highest BCUT2D eigenvalue weighted by Gasteiger charge is 2.21. The number of hydrogen-bond acceptors (Lipinski definition) is 5. The summed E-state index contributed by atoms with van der Waals surface area (Å²) in [6.45, 7) is 4.17. The number of carbonyl (C=O) groups is 1. The van der Waals surface area contributed by atoms with Crippen molar-refractivity contribution in [2.24, 2.45) is 0 Å². The molecule has 0 bridgehead atoms. The first kappa shape index (κ1) is 14.3. The van der Waals surface area contributed by atoms with E-state index >= 15 is 0 Å². The van der Waals surface area contributed by atoms with E-state index in [1.54, 1.807) is 31.0 Å². The molecule has 22 heavy (non-hydrogen) atoms. The quantitative estimate of drug-likeness (QED) is 0.873. The van der Waals surface area contributed by atoms with E-state index < -0.39 is 0 Å². The van der Waals surface area contributed by atoms with E-state index in [9.17, 15) is 4.79 Å². The minimum atomic E-state index is -0.0197. The standard InChI is InChI=1S/C14H19N7O/c22-14(18-5-7-19-6-4-15-12-19)21-10-8-20(9-11-21)13-16-2-1-3-17-13/h1-4,6,12H,5,7-11H2,(H,18,22). The number of nitrogens with zero attached hydrogens (tertiary/aromatic N) is 6. The first-order valence-corrected chi connectivity index (χ1v) is 7.33. The van der Waals surface area contributed by atoms with E-state index in [2.05, 4.69) is 25.2 Å². The molecule has 0 aliphatic carbocycles. The number of anilines is 1. The molecule has 8 nitrogen and oxygen atoms in total. The van der Waals surface area contributed by atoms with Crippen LogP contribution in [0.25, 0.3) is 0 Å². The molecule has 0 saturated carbocycles. The Hall–Kier alpha value is -2.64. The molecule has 0 aromatic carbocycles. The van der Waals surface area contributed by atoms with Gasteiger partial charge >= 0.3 is 6.03 Å². The molecule has 2 amide bonds. The summed E-state index contributed by atoms with van der Waals surface area (Å²) in [5, 5.41) is 2.93. The fourth-order valence-electron chi connectivity index (χ4n) is 2.39. The molecule has 2 aromatic heterocycles. The molecule has 0 radical (unpaired) electrons. The molecule has 8 heteroatoms. The van der Waals surface area contributed by atoms with Crippen molar-refractivity contribution in [3.63, 3.8) is 0 Å². The lowest BCUT2D eigenvalue weighted by molar-refractivity contribution is 0.193. The van der Waals surface area contributed by atoms with Gasteiger partial charge in [0.2, 0.25) is 5.95 Å². The number of hydrogen-bond donors (Lipinski definition) is 1. The molecule has 1 N–H and O–H groups in total. The van der Waals surface area contributed by atoms with Gasteiger partial charge in [-0.15, -0.1) is 0 Å². The van der Waals surface area contributed by atoms with Crippen molar-refractivity contribution in [1.82, 2.24) is 29.7 Å². The fraction of sp³-hybridized carbons (Fsp3) is 0.429. The van der Waals surface area contributed by atoms with Gasteiger partial charge in [0.1, 0.15) is 0 Å². The summed E-state index contributed by atoms with van der Waals surface area (Å²) in [6.07, 6.45) is 8.82. The number of carbonyl (C=O) groups excluding carboxylic acids is 1. The summed E-state index contributed by atoms with van der Waals surface area (Å²) in [4.78, 5) is 28.5. The third-order valence-corrected chi connectivity index (χ3v) is 3.61. The van der Waals surface area contributed by atoms with Crippen molar-refractivity contribution in [3.8, 4) is 0 Å². The SMILES string of the molecule is O=C(NCCn1ccnc1)N1CCN(c2ncccn2)CC1. The number of amides is 2. The Kier molecular flexibility index (Phi) is 4.47. The maximum absolute atomic E-state index is 12.1. The van der Waals surface area contributed by atoms with E-state index in [0.29, 0.717) is 19.6 Å². The van der Waals surface area contributed by atoms with Crippen LogP contribution in [0, 0.1) is 0 Å².